The van der Waals surface area contributed by atoms with Gasteiger partial charge in [0.15, 0.2) is 0 Å². The predicted octanol–water partition coefficient (Wildman–Crippen LogP) is 23.6. The van der Waals surface area contributed by atoms with E-state index in [1.165, 1.54) is 19.3 Å². The molecule has 4 aromatic heterocycles. The molecule has 472 valence electrons. The summed E-state index contributed by atoms with van der Waals surface area (Å²) in [6.07, 6.45) is 4.08. The maximum absolute atomic E-state index is 13.0. The molecular formula is C85H61ClN8O4. The fourth-order valence-corrected chi connectivity index (χ4v) is 14.1. The monoisotopic (exact) mass is 1290 g/mol. The molecule has 0 fully saturated rings. The number of nitro benzene ring substituents is 2. The molecule has 0 aliphatic rings. The Balaban J connectivity index is 0.000000128. The second-order valence-corrected chi connectivity index (χ2v) is 24.3. The van der Waals surface area contributed by atoms with Gasteiger partial charge < -0.3 is 4.98 Å². The highest BCUT2D eigenvalue weighted by atomic mass is 35.5. The smallest absolute Gasteiger partial charge is 0.285 e. The molecule has 14 aromatic carbocycles. The van der Waals surface area contributed by atoms with Crippen molar-refractivity contribution in [2.45, 2.75) is 33.1 Å². The van der Waals surface area contributed by atoms with Crippen LogP contribution in [0.5, 0.6) is 0 Å². The number of rotatable bonds is 9. The van der Waals surface area contributed by atoms with Gasteiger partial charge in [0.25, 0.3) is 11.4 Å². The second kappa shape index (κ2) is 26.7. The van der Waals surface area contributed by atoms with Crippen LogP contribution in [0, 0.1) is 20.2 Å². The number of hydrogen-bond acceptors (Lipinski definition) is 8. The Kier molecular flexibility index (Phi) is 16.8. The lowest BCUT2D eigenvalue weighted by atomic mass is 9.89. The molecule has 13 heteroatoms. The van der Waals surface area contributed by atoms with Crippen LogP contribution < -0.4 is 0 Å². The average molecular weight is 1290 g/mol. The number of nitrogens with zero attached hydrogens (tertiary/aromatic N) is 7. The van der Waals surface area contributed by atoms with E-state index < -0.39 is 0 Å². The Labute approximate surface area is 568 Å². The highest BCUT2D eigenvalue weighted by Gasteiger charge is 2.29. The van der Waals surface area contributed by atoms with E-state index in [1.807, 2.05) is 249 Å². The minimum Gasteiger partial charge on any atom is -0.354 e. The van der Waals surface area contributed by atoms with E-state index in [4.69, 9.17) is 21.6 Å². The quantitative estimate of drug-likeness (QED) is 0.0647. The SMILES string of the molecule is CCCCC.Clc1nc(-c2ccccc2)c2ccccc2n1.O=[N+]([O-])c1c(-c2cccc3[nH]c4ccccc4c23)c2ccccc2c2ccccc12.O=[N+]([O-])c1c(-c2cccc3c2c2ccccc2n3-c2nc(-c3ccccc3)c3ccccc3n2)c2ccccc2c2ccccc12. The third-order valence-corrected chi connectivity index (χ3v) is 18.3. The van der Waals surface area contributed by atoms with Crippen molar-refractivity contribution in [1.29, 1.82) is 0 Å². The molecule has 0 radical (unpaired) electrons. The molecule has 0 saturated carbocycles. The number of H-pyrrole nitrogens is 1. The first-order chi connectivity index (χ1) is 48.2. The Morgan fingerprint density at radius 1 is 0.357 bits per heavy atom. The van der Waals surface area contributed by atoms with E-state index >= 15 is 0 Å². The largest absolute Gasteiger partial charge is 0.354 e. The van der Waals surface area contributed by atoms with Crippen LogP contribution in [0.25, 0.3) is 159 Å². The maximum Gasteiger partial charge on any atom is 0.285 e. The lowest BCUT2D eigenvalue weighted by molar-refractivity contribution is -0.382. The van der Waals surface area contributed by atoms with Crippen molar-refractivity contribution in [3.05, 3.63) is 317 Å². The van der Waals surface area contributed by atoms with Gasteiger partial charge in [0.2, 0.25) is 11.2 Å². The molecule has 0 bridgehead atoms. The van der Waals surface area contributed by atoms with Crippen molar-refractivity contribution in [3.8, 4) is 50.7 Å². The second-order valence-electron chi connectivity index (χ2n) is 23.9. The van der Waals surface area contributed by atoms with Crippen molar-refractivity contribution in [2.24, 2.45) is 0 Å². The lowest BCUT2D eigenvalue weighted by Gasteiger charge is -2.14. The van der Waals surface area contributed by atoms with Gasteiger partial charge in [0.05, 0.1) is 65.2 Å². The summed E-state index contributed by atoms with van der Waals surface area (Å²) in [5.41, 5.74) is 12.5. The zero-order chi connectivity index (χ0) is 66.8. The van der Waals surface area contributed by atoms with Crippen LogP contribution >= 0.6 is 11.6 Å². The van der Waals surface area contributed by atoms with Crippen molar-refractivity contribution < 1.29 is 9.85 Å². The fourth-order valence-electron chi connectivity index (χ4n) is 13.9. The summed E-state index contributed by atoms with van der Waals surface area (Å²) in [4.78, 5) is 47.1. The van der Waals surface area contributed by atoms with E-state index in [1.54, 1.807) is 0 Å². The summed E-state index contributed by atoms with van der Waals surface area (Å²) in [5.74, 6) is 0.541. The van der Waals surface area contributed by atoms with Crippen LogP contribution in [0.15, 0.2) is 291 Å². The van der Waals surface area contributed by atoms with E-state index in [2.05, 4.69) is 75.8 Å². The summed E-state index contributed by atoms with van der Waals surface area (Å²) in [6.45, 7) is 4.42. The van der Waals surface area contributed by atoms with Gasteiger partial charge in [-0.3, -0.25) is 24.8 Å². The Morgan fingerprint density at radius 3 is 1.27 bits per heavy atom. The molecule has 0 atom stereocenters. The molecule has 4 heterocycles. The van der Waals surface area contributed by atoms with Gasteiger partial charge in [-0.1, -0.05) is 276 Å². The van der Waals surface area contributed by atoms with Gasteiger partial charge in [0.1, 0.15) is 0 Å². The summed E-state index contributed by atoms with van der Waals surface area (Å²) in [5, 5.41) is 38.3. The zero-order valence-electron chi connectivity index (χ0n) is 53.5. The Morgan fingerprint density at radius 2 is 0.745 bits per heavy atom. The van der Waals surface area contributed by atoms with Crippen LogP contribution in [0.4, 0.5) is 11.4 Å². The van der Waals surface area contributed by atoms with Gasteiger partial charge in [-0.05, 0) is 104 Å². The highest BCUT2D eigenvalue weighted by molar-refractivity contribution is 6.29. The van der Waals surface area contributed by atoms with E-state index in [0.717, 1.165) is 131 Å². The van der Waals surface area contributed by atoms with E-state index in [-0.39, 0.29) is 26.5 Å². The molecule has 0 aliphatic carbocycles. The summed E-state index contributed by atoms with van der Waals surface area (Å²) >= 11 is 5.95. The Hall–Kier alpha value is -12.5. The van der Waals surface area contributed by atoms with Gasteiger partial charge in [0, 0.05) is 54.5 Å². The molecular weight excluding hydrogens is 1230 g/mol. The third-order valence-electron chi connectivity index (χ3n) is 18.1. The number of hydrogen-bond donors (Lipinski definition) is 1. The van der Waals surface area contributed by atoms with Gasteiger partial charge in [-0.15, -0.1) is 0 Å². The topological polar surface area (TPSA) is 159 Å². The molecule has 98 heavy (non-hydrogen) atoms. The first kappa shape index (κ1) is 61.7. The number of nitrogens with one attached hydrogen (secondary N) is 1. The van der Waals surface area contributed by atoms with Crippen LogP contribution in [-0.2, 0) is 0 Å². The number of fused-ring (bicyclic) bond motifs is 14. The molecule has 0 amide bonds. The van der Waals surface area contributed by atoms with Gasteiger partial charge in [-0.2, -0.15) is 0 Å². The van der Waals surface area contributed by atoms with Crippen LogP contribution in [-0.4, -0.2) is 39.3 Å². The number of aromatic nitrogens is 6. The zero-order valence-corrected chi connectivity index (χ0v) is 54.2. The van der Waals surface area contributed by atoms with Crippen LogP contribution in [0.3, 0.4) is 0 Å². The molecule has 0 saturated heterocycles. The normalized spacial score (nSPS) is 11.3. The molecule has 0 unspecified atom stereocenters. The molecule has 1 N–H and O–H groups in total. The van der Waals surface area contributed by atoms with Crippen molar-refractivity contribution in [2.75, 3.05) is 0 Å². The minimum atomic E-state index is -0.238. The number of unbranched alkanes of at least 4 members (excludes halogenated alkanes) is 2. The van der Waals surface area contributed by atoms with E-state index in [9.17, 15) is 20.2 Å². The summed E-state index contributed by atoms with van der Waals surface area (Å²) in [7, 11) is 0. The first-order valence-corrected chi connectivity index (χ1v) is 33.0. The van der Waals surface area contributed by atoms with Crippen molar-refractivity contribution in [1.82, 2.24) is 29.5 Å². The minimum absolute atomic E-state index is 0.104. The summed E-state index contributed by atoms with van der Waals surface area (Å²) in [6, 6.07) is 95.4. The van der Waals surface area contributed by atoms with Gasteiger partial charge in [-0.25, -0.2) is 19.9 Å². The van der Waals surface area contributed by atoms with Crippen molar-refractivity contribution in [3.63, 3.8) is 0 Å². The molecule has 0 spiro atoms. The third kappa shape index (κ3) is 11.2. The van der Waals surface area contributed by atoms with Gasteiger partial charge >= 0.3 is 0 Å². The standard InChI is InChI=1S/C40H24N4O2.C26H16N2O2.C14H9ClN2.C5H12/c45-44(46)39-29-18-7-5-16-27(29)26-15-4-6-17-28(26)37(39)32-21-12-24-35-36(32)31-20-9-11-23-34(31)43(35)40-41-33-22-10-8-19-30(33)38(42-40)25-13-2-1-3-14-25;29-28(30)26-19-11-4-2-9-17(19)16-8-1-3-10-18(16)25(26)21-13-7-15-23-24(21)20-12-5-6-14-22(20)27-23;15-14-16-12-9-5-4-8-11(12)13(17-14)10-6-2-1-3-7-10;1-3-5-4-2/h1-24H;1-15,27H;1-9H;3-5H2,1-2H3. The molecule has 18 aromatic rings. The maximum atomic E-state index is 13.0. The lowest BCUT2D eigenvalue weighted by Crippen LogP contribution is -2.03. The van der Waals surface area contributed by atoms with E-state index in [0.29, 0.717) is 27.8 Å². The predicted molar refractivity (Wildman–Crippen MR) is 405 cm³/mol. The van der Waals surface area contributed by atoms with Crippen LogP contribution in [0.1, 0.15) is 33.1 Å². The fraction of sp³-hybridized carbons (Fsp3) is 0.0588. The molecule has 18 rings (SSSR count). The first-order valence-electron chi connectivity index (χ1n) is 32.7. The van der Waals surface area contributed by atoms with Crippen molar-refractivity contribution >= 4 is 131 Å². The Bertz CT molecular complexity index is 6110. The van der Waals surface area contributed by atoms with Crippen LogP contribution in [0.2, 0.25) is 5.28 Å². The number of aromatic amines is 1. The summed E-state index contributed by atoms with van der Waals surface area (Å²) < 4.78 is 2.09. The average Bonchev–Trinajstić information content (AvgIpc) is 1.43. The molecule has 0 aliphatic heterocycles. The number of halogens is 1. The molecule has 12 nitrogen and oxygen atoms in total. The number of nitro groups is 2. The number of benzene rings is 14. The highest BCUT2D eigenvalue weighted by Crippen LogP contribution is 2.50. The number of para-hydroxylation sites is 4.